The minimum atomic E-state index is 0.693. The first-order valence-corrected chi connectivity index (χ1v) is 5.42. The molecule has 2 heterocycles. The Bertz CT molecular complexity index is 536. The molecule has 0 atom stereocenters. The highest BCUT2D eigenvalue weighted by Crippen LogP contribution is 2.33. The fourth-order valence-electron chi connectivity index (χ4n) is 1.99. The smallest absolute Gasteiger partial charge is 0.223 e. The quantitative estimate of drug-likeness (QED) is 0.704. The average Bonchev–Trinajstić information content (AvgIpc) is 2.68. The van der Waals surface area contributed by atoms with Crippen LogP contribution in [0.3, 0.4) is 0 Å². The molecule has 4 heteroatoms. The zero-order valence-electron chi connectivity index (χ0n) is 9.07. The zero-order valence-corrected chi connectivity index (χ0v) is 9.07. The van der Waals surface area contributed by atoms with Crippen molar-refractivity contribution >= 4 is 5.95 Å². The van der Waals surface area contributed by atoms with E-state index in [1.165, 1.54) is 0 Å². The third kappa shape index (κ3) is 1.34. The van der Waals surface area contributed by atoms with Crippen molar-refractivity contribution in [2.45, 2.75) is 13.3 Å². The molecular weight excluding hydrogens is 200 g/mol. The molecule has 0 bridgehead atoms. The minimum Gasteiger partial charge on any atom is -0.354 e. The van der Waals surface area contributed by atoms with Gasteiger partial charge in [-0.15, -0.1) is 0 Å². The van der Waals surface area contributed by atoms with Gasteiger partial charge in [-0.1, -0.05) is 0 Å². The summed E-state index contributed by atoms with van der Waals surface area (Å²) in [5.74, 6) is 0.693. The first-order chi connectivity index (χ1) is 7.88. The Balaban J connectivity index is 2.11. The van der Waals surface area contributed by atoms with Crippen LogP contribution in [0.25, 0.3) is 11.3 Å². The van der Waals surface area contributed by atoms with Crippen LogP contribution in [0, 0.1) is 0 Å². The van der Waals surface area contributed by atoms with E-state index in [2.05, 4.69) is 26.3 Å². The number of rotatable bonds is 2. The Morgan fingerprint density at radius 3 is 3.19 bits per heavy atom. The van der Waals surface area contributed by atoms with Crippen LogP contribution in [0.15, 0.2) is 24.5 Å². The minimum absolute atomic E-state index is 0.693. The maximum Gasteiger partial charge on any atom is 0.223 e. The molecule has 3 rings (SSSR count). The van der Waals surface area contributed by atoms with Gasteiger partial charge >= 0.3 is 0 Å². The second-order valence-corrected chi connectivity index (χ2v) is 3.77. The second-order valence-electron chi connectivity index (χ2n) is 3.77. The number of fused-ring (bicyclic) bond motifs is 3. The molecule has 0 aromatic carbocycles. The molecule has 4 nitrogen and oxygen atoms in total. The maximum absolute atomic E-state index is 4.52. The normalized spacial score (nSPS) is 12.1. The van der Waals surface area contributed by atoms with E-state index in [0.29, 0.717) is 5.95 Å². The standard InChI is InChI=1S/C12H12N4/c1-2-13-12-15-7-8-6-10-9(11(8)16-12)4-3-5-14-10/h3-5,7H,2,6H2,1H3,(H,13,15,16). The van der Waals surface area contributed by atoms with Crippen LogP contribution in [-0.2, 0) is 6.42 Å². The van der Waals surface area contributed by atoms with Crippen LogP contribution in [-0.4, -0.2) is 21.5 Å². The number of anilines is 1. The van der Waals surface area contributed by atoms with Gasteiger partial charge in [0.15, 0.2) is 0 Å². The Morgan fingerprint density at radius 2 is 2.31 bits per heavy atom. The number of hydrogen-bond acceptors (Lipinski definition) is 4. The van der Waals surface area contributed by atoms with E-state index >= 15 is 0 Å². The van der Waals surface area contributed by atoms with Crippen molar-refractivity contribution in [2.75, 3.05) is 11.9 Å². The summed E-state index contributed by atoms with van der Waals surface area (Å²) in [5.41, 5.74) is 4.42. The summed E-state index contributed by atoms with van der Waals surface area (Å²) in [4.78, 5) is 13.2. The lowest BCUT2D eigenvalue weighted by Gasteiger charge is -2.03. The third-order valence-electron chi connectivity index (χ3n) is 2.70. The molecule has 0 fully saturated rings. The first-order valence-electron chi connectivity index (χ1n) is 5.42. The van der Waals surface area contributed by atoms with E-state index in [4.69, 9.17) is 0 Å². The summed E-state index contributed by atoms with van der Waals surface area (Å²) in [5, 5.41) is 3.13. The van der Waals surface area contributed by atoms with Gasteiger partial charge < -0.3 is 5.32 Å². The SMILES string of the molecule is CCNc1ncc2c(n1)-c1cccnc1C2. The molecule has 1 aliphatic carbocycles. The molecule has 0 saturated heterocycles. The summed E-state index contributed by atoms with van der Waals surface area (Å²) in [6.45, 7) is 2.87. The zero-order chi connectivity index (χ0) is 11.0. The lowest BCUT2D eigenvalue weighted by Crippen LogP contribution is -2.02. The summed E-state index contributed by atoms with van der Waals surface area (Å²) in [6, 6.07) is 4.01. The van der Waals surface area contributed by atoms with Crippen molar-refractivity contribution in [3.63, 3.8) is 0 Å². The van der Waals surface area contributed by atoms with Gasteiger partial charge in [-0.25, -0.2) is 9.97 Å². The molecule has 1 N–H and O–H groups in total. The van der Waals surface area contributed by atoms with Crippen molar-refractivity contribution in [1.29, 1.82) is 0 Å². The lowest BCUT2D eigenvalue weighted by atomic mass is 10.2. The number of nitrogens with zero attached hydrogens (tertiary/aromatic N) is 3. The van der Waals surface area contributed by atoms with Crippen molar-refractivity contribution in [3.05, 3.63) is 35.8 Å². The fraction of sp³-hybridized carbons (Fsp3) is 0.250. The molecular formula is C12H12N4. The van der Waals surface area contributed by atoms with Crippen LogP contribution in [0.1, 0.15) is 18.2 Å². The highest BCUT2D eigenvalue weighted by molar-refractivity contribution is 5.72. The van der Waals surface area contributed by atoms with Crippen molar-refractivity contribution in [1.82, 2.24) is 15.0 Å². The van der Waals surface area contributed by atoms with Gasteiger partial charge in [-0.2, -0.15) is 0 Å². The van der Waals surface area contributed by atoms with Gasteiger partial charge in [0, 0.05) is 36.5 Å². The predicted octanol–water partition coefficient (Wildman–Crippen LogP) is 1.87. The van der Waals surface area contributed by atoms with Crippen LogP contribution >= 0.6 is 0 Å². The molecule has 0 unspecified atom stereocenters. The van der Waals surface area contributed by atoms with E-state index in [-0.39, 0.29) is 0 Å². The molecule has 1 aliphatic rings. The van der Waals surface area contributed by atoms with Gasteiger partial charge in [-0.3, -0.25) is 4.98 Å². The van der Waals surface area contributed by atoms with Crippen LogP contribution in [0.4, 0.5) is 5.95 Å². The lowest BCUT2D eigenvalue weighted by molar-refractivity contribution is 1.06. The summed E-state index contributed by atoms with van der Waals surface area (Å²) in [6.07, 6.45) is 4.56. The van der Waals surface area contributed by atoms with Crippen molar-refractivity contribution in [2.24, 2.45) is 0 Å². The number of pyridine rings is 1. The molecule has 0 radical (unpaired) electrons. The molecule has 0 amide bonds. The van der Waals surface area contributed by atoms with Gasteiger partial charge in [0.2, 0.25) is 5.95 Å². The highest BCUT2D eigenvalue weighted by atomic mass is 15.1. The molecule has 0 spiro atoms. The monoisotopic (exact) mass is 212 g/mol. The van der Waals surface area contributed by atoms with Crippen LogP contribution < -0.4 is 5.32 Å². The number of aromatic nitrogens is 3. The average molecular weight is 212 g/mol. The maximum atomic E-state index is 4.52. The highest BCUT2D eigenvalue weighted by Gasteiger charge is 2.21. The summed E-state index contributed by atoms with van der Waals surface area (Å²) < 4.78 is 0. The van der Waals surface area contributed by atoms with E-state index in [1.807, 2.05) is 25.4 Å². The molecule has 2 aromatic heterocycles. The Morgan fingerprint density at radius 1 is 1.38 bits per heavy atom. The third-order valence-corrected chi connectivity index (χ3v) is 2.70. The Hall–Kier alpha value is -1.97. The number of nitrogens with one attached hydrogen (secondary N) is 1. The second kappa shape index (κ2) is 3.56. The van der Waals surface area contributed by atoms with Crippen molar-refractivity contribution < 1.29 is 0 Å². The van der Waals surface area contributed by atoms with E-state index in [0.717, 1.165) is 35.5 Å². The molecule has 2 aromatic rings. The van der Waals surface area contributed by atoms with Gasteiger partial charge in [0.05, 0.1) is 11.4 Å². The van der Waals surface area contributed by atoms with Crippen molar-refractivity contribution in [3.8, 4) is 11.3 Å². The first kappa shape index (κ1) is 9.27. The van der Waals surface area contributed by atoms with E-state index in [9.17, 15) is 0 Å². The van der Waals surface area contributed by atoms with E-state index in [1.54, 1.807) is 0 Å². The summed E-state index contributed by atoms with van der Waals surface area (Å²) >= 11 is 0. The molecule has 0 saturated carbocycles. The van der Waals surface area contributed by atoms with Gasteiger partial charge in [0.1, 0.15) is 0 Å². The Labute approximate surface area is 93.8 Å². The van der Waals surface area contributed by atoms with Crippen LogP contribution in [0.2, 0.25) is 0 Å². The topological polar surface area (TPSA) is 50.7 Å². The predicted molar refractivity (Wildman–Crippen MR) is 62.2 cm³/mol. The molecule has 0 aliphatic heterocycles. The molecule has 16 heavy (non-hydrogen) atoms. The largest absolute Gasteiger partial charge is 0.354 e. The number of hydrogen-bond donors (Lipinski definition) is 1. The molecule has 80 valence electrons. The van der Waals surface area contributed by atoms with Crippen LogP contribution in [0.5, 0.6) is 0 Å². The van der Waals surface area contributed by atoms with Gasteiger partial charge in [0.25, 0.3) is 0 Å². The Kier molecular flexibility index (Phi) is 2.06. The van der Waals surface area contributed by atoms with E-state index < -0.39 is 0 Å². The van der Waals surface area contributed by atoms with Gasteiger partial charge in [-0.05, 0) is 19.1 Å². The summed E-state index contributed by atoms with van der Waals surface area (Å²) in [7, 11) is 0. The fourth-order valence-corrected chi connectivity index (χ4v) is 1.99.